The van der Waals surface area contributed by atoms with E-state index in [1.165, 1.54) is 11.9 Å². The SMILES string of the molecule is O=C(O)CC1CCC(c2ccc(NC(=O)c3nnc(Nc4ccncn4)o3)cc2)CC1. The van der Waals surface area contributed by atoms with Crippen LogP contribution in [-0.2, 0) is 4.79 Å². The molecule has 10 nitrogen and oxygen atoms in total. The molecular formula is C21H22N6O4. The third kappa shape index (κ3) is 5.41. The molecule has 3 aromatic rings. The Labute approximate surface area is 178 Å². The molecule has 1 fully saturated rings. The molecule has 0 bridgehead atoms. The molecule has 4 rings (SSSR count). The first-order valence-corrected chi connectivity index (χ1v) is 10.1. The minimum Gasteiger partial charge on any atom is -0.481 e. The number of aliphatic carboxylic acids is 1. The van der Waals surface area contributed by atoms with Gasteiger partial charge in [-0.2, -0.15) is 0 Å². The molecule has 3 N–H and O–H groups in total. The van der Waals surface area contributed by atoms with Crippen LogP contribution in [0.2, 0.25) is 0 Å². The first-order chi connectivity index (χ1) is 15.1. The van der Waals surface area contributed by atoms with Crippen LogP contribution in [0.4, 0.5) is 17.5 Å². The van der Waals surface area contributed by atoms with Gasteiger partial charge < -0.3 is 14.8 Å². The zero-order valence-corrected chi connectivity index (χ0v) is 16.7. The predicted octanol–water partition coefficient (Wildman–Crippen LogP) is 3.60. The van der Waals surface area contributed by atoms with Gasteiger partial charge in [0.05, 0.1) is 0 Å². The van der Waals surface area contributed by atoms with Gasteiger partial charge in [0, 0.05) is 18.3 Å². The van der Waals surface area contributed by atoms with Crippen molar-refractivity contribution in [3.8, 4) is 0 Å². The average molecular weight is 422 g/mol. The maximum absolute atomic E-state index is 12.4. The fourth-order valence-corrected chi connectivity index (χ4v) is 3.81. The highest BCUT2D eigenvalue weighted by atomic mass is 16.4. The molecule has 1 amide bonds. The zero-order chi connectivity index (χ0) is 21.6. The number of carbonyl (C=O) groups is 2. The van der Waals surface area contributed by atoms with Crippen molar-refractivity contribution in [1.29, 1.82) is 0 Å². The van der Waals surface area contributed by atoms with Gasteiger partial charge >= 0.3 is 23.8 Å². The van der Waals surface area contributed by atoms with Crippen LogP contribution in [0.3, 0.4) is 0 Å². The van der Waals surface area contributed by atoms with Crippen molar-refractivity contribution in [1.82, 2.24) is 20.2 Å². The van der Waals surface area contributed by atoms with Crippen molar-refractivity contribution in [3.05, 3.63) is 54.3 Å². The van der Waals surface area contributed by atoms with Crippen LogP contribution in [0.1, 0.15) is 54.3 Å². The summed E-state index contributed by atoms with van der Waals surface area (Å²) in [5.74, 6) is -0.237. The molecule has 0 spiro atoms. The van der Waals surface area contributed by atoms with Crippen molar-refractivity contribution < 1.29 is 19.1 Å². The van der Waals surface area contributed by atoms with Gasteiger partial charge in [0.1, 0.15) is 12.1 Å². The number of hydrogen-bond donors (Lipinski definition) is 3. The molecule has 2 aromatic heterocycles. The molecule has 0 atom stereocenters. The number of carboxylic acid groups (broad SMARTS) is 1. The van der Waals surface area contributed by atoms with E-state index in [4.69, 9.17) is 9.52 Å². The van der Waals surface area contributed by atoms with Gasteiger partial charge in [0.15, 0.2) is 0 Å². The summed E-state index contributed by atoms with van der Waals surface area (Å²) >= 11 is 0. The quantitative estimate of drug-likeness (QED) is 0.520. The molecule has 31 heavy (non-hydrogen) atoms. The van der Waals surface area contributed by atoms with Gasteiger partial charge in [-0.3, -0.25) is 14.9 Å². The second-order valence-corrected chi connectivity index (χ2v) is 7.52. The maximum Gasteiger partial charge on any atom is 0.321 e. The van der Waals surface area contributed by atoms with Gasteiger partial charge in [0.25, 0.3) is 0 Å². The Morgan fingerprint density at radius 2 is 1.84 bits per heavy atom. The highest BCUT2D eigenvalue weighted by Crippen LogP contribution is 2.37. The molecule has 1 aromatic carbocycles. The van der Waals surface area contributed by atoms with Crippen molar-refractivity contribution in [3.63, 3.8) is 0 Å². The smallest absolute Gasteiger partial charge is 0.321 e. The normalized spacial score (nSPS) is 18.3. The standard InChI is InChI=1S/C21H22N6O4/c28-18(29)11-13-1-3-14(4-2-13)15-5-7-16(8-6-15)24-19(30)20-26-27-21(31-20)25-17-9-10-22-12-23-17/h5-10,12-14H,1-4,11H2,(H,24,30)(H,28,29)(H,22,23,25,27). The molecule has 2 heterocycles. The summed E-state index contributed by atoms with van der Waals surface area (Å²) in [7, 11) is 0. The van der Waals surface area contributed by atoms with Crippen molar-refractivity contribution in [2.45, 2.75) is 38.0 Å². The molecule has 1 aliphatic carbocycles. The molecule has 10 heteroatoms. The van der Waals surface area contributed by atoms with E-state index < -0.39 is 11.9 Å². The fraction of sp³-hybridized carbons (Fsp3) is 0.333. The van der Waals surface area contributed by atoms with Gasteiger partial charge in [-0.15, -0.1) is 5.10 Å². The molecule has 160 valence electrons. The summed E-state index contributed by atoms with van der Waals surface area (Å²) < 4.78 is 5.33. The second-order valence-electron chi connectivity index (χ2n) is 7.52. The van der Waals surface area contributed by atoms with Crippen LogP contribution in [0.25, 0.3) is 0 Å². The number of carboxylic acids is 1. The number of nitrogens with zero attached hydrogens (tertiary/aromatic N) is 4. The molecule has 0 radical (unpaired) electrons. The minimum atomic E-state index is -0.721. The van der Waals surface area contributed by atoms with E-state index in [2.05, 4.69) is 30.8 Å². The molecule has 1 aliphatic rings. The van der Waals surface area contributed by atoms with Crippen molar-refractivity contribution in [2.75, 3.05) is 10.6 Å². The number of benzene rings is 1. The van der Waals surface area contributed by atoms with E-state index in [0.29, 0.717) is 17.4 Å². The average Bonchev–Trinajstić information content (AvgIpc) is 3.24. The molecule has 0 aliphatic heterocycles. The lowest BCUT2D eigenvalue weighted by Crippen LogP contribution is -2.16. The predicted molar refractivity (Wildman–Crippen MR) is 111 cm³/mol. The van der Waals surface area contributed by atoms with Gasteiger partial charge in [-0.1, -0.05) is 17.2 Å². The monoisotopic (exact) mass is 422 g/mol. The van der Waals surface area contributed by atoms with Gasteiger partial charge in [-0.25, -0.2) is 9.97 Å². The first-order valence-electron chi connectivity index (χ1n) is 10.1. The Hall–Kier alpha value is -3.82. The van der Waals surface area contributed by atoms with Gasteiger partial charge in [0.2, 0.25) is 0 Å². The Balaban J connectivity index is 1.31. The summed E-state index contributed by atoms with van der Waals surface area (Å²) in [6.07, 6.45) is 7.00. The third-order valence-electron chi connectivity index (χ3n) is 5.39. The number of anilines is 3. The van der Waals surface area contributed by atoms with E-state index in [9.17, 15) is 9.59 Å². The summed E-state index contributed by atoms with van der Waals surface area (Å²) in [5, 5.41) is 22.0. The largest absolute Gasteiger partial charge is 0.481 e. The minimum absolute atomic E-state index is 0.0534. The molecule has 0 saturated heterocycles. The molecule has 1 saturated carbocycles. The Morgan fingerprint density at radius 1 is 1.06 bits per heavy atom. The zero-order valence-electron chi connectivity index (χ0n) is 16.7. The van der Waals surface area contributed by atoms with E-state index in [1.807, 2.05) is 24.3 Å². The molecule has 0 unspecified atom stereocenters. The number of aromatic nitrogens is 4. The van der Waals surface area contributed by atoms with E-state index in [-0.39, 0.29) is 24.2 Å². The van der Waals surface area contributed by atoms with Crippen LogP contribution in [0.15, 0.2) is 47.3 Å². The number of hydrogen-bond acceptors (Lipinski definition) is 8. The summed E-state index contributed by atoms with van der Waals surface area (Å²) in [6.45, 7) is 0. The van der Waals surface area contributed by atoms with E-state index in [0.717, 1.165) is 25.7 Å². The summed E-state index contributed by atoms with van der Waals surface area (Å²) in [4.78, 5) is 31.1. The van der Waals surface area contributed by atoms with Crippen LogP contribution >= 0.6 is 0 Å². The lowest BCUT2D eigenvalue weighted by Gasteiger charge is -2.28. The Kier molecular flexibility index (Phi) is 6.16. The number of rotatable bonds is 7. The summed E-state index contributed by atoms with van der Waals surface area (Å²) in [6, 6.07) is 9.35. The van der Waals surface area contributed by atoms with Crippen molar-refractivity contribution in [2.24, 2.45) is 5.92 Å². The highest BCUT2D eigenvalue weighted by Gasteiger charge is 2.24. The number of nitrogens with one attached hydrogen (secondary N) is 2. The molecular weight excluding hydrogens is 400 g/mol. The van der Waals surface area contributed by atoms with Crippen LogP contribution in [0.5, 0.6) is 0 Å². The lowest BCUT2D eigenvalue weighted by molar-refractivity contribution is -0.138. The lowest BCUT2D eigenvalue weighted by atomic mass is 9.77. The number of carbonyl (C=O) groups excluding carboxylic acids is 1. The van der Waals surface area contributed by atoms with Crippen LogP contribution < -0.4 is 10.6 Å². The van der Waals surface area contributed by atoms with E-state index >= 15 is 0 Å². The maximum atomic E-state index is 12.4. The Morgan fingerprint density at radius 3 is 2.52 bits per heavy atom. The van der Waals surface area contributed by atoms with E-state index in [1.54, 1.807) is 12.3 Å². The van der Waals surface area contributed by atoms with Crippen molar-refractivity contribution >= 4 is 29.4 Å². The third-order valence-corrected chi connectivity index (χ3v) is 5.39. The van der Waals surface area contributed by atoms with Crippen LogP contribution in [0, 0.1) is 5.92 Å². The topological polar surface area (TPSA) is 143 Å². The fourth-order valence-electron chi connectivity index (χ4n) is 3.81. The van der Waals surface area contributed by atoms with Gasteiger partial charge in [-0.05, 0) is 61.3 Å². The van der Waals surface area contributed by atoms with Crippen LogP contribution in [-0.4, -0.2) is 37.1 Å². The highest BCUT2D eigenvalue weighted by molar-refractivity contribution is 6.00. The second kappa shape index (κ2) is 9.33. The number of amides is 1. The summed E-state index contributed by atoms with van der Waals surface area (Å²) in [5.41, 5.74) is 1.82. The first kappa shape index (κ1) is 20.5. The Bertz CT molecular complexity index is 1030.